The van der Waals surface area contributed by atoms with Crippen molar-refractivity contribution in [2.75, 3.05) is 13.2 Å². The van der Waals surface area contributed by atoms with Crippen LogP contribution in [0.25, 0.3) is 0 Å². The van der Waals surface area contributed by atoms with Crippen LogP contribution in [0, 0.1) is 11.8 Å². The van der Waals surface area contributed by atoms with E-state index < -0.39 is 16.0 Å². The molecule has 0 fully saturated rings. The lowest BCUT2D eigenvalue weighted by Crippen LogP contribution is -2.16. The number of hydrogen-bond donors (Lipinski definition) is 1. The van der Waals surface area contributed by atoms with E-state index in [2.05, 4.69) is 27.7 Å². The zero-order valence-corrected chi connectivity index (χ0v) is 26.3. The molecule has 0 amide bonds. The third kappa shape index (κ3) is 7.87. The van der Waals surface area contributed by atoms with Crippen LogP contribution < -0.4 is 14.2 Å². The van der Waals surface area contributed by atoms with Crippen molar-refractivity contribution in [2.24, 2.45) is 11.8 Å². The summed E-state index contributed by atoms with van der Waals surface area (Å²) in [6, 6.07) is 18.1. The maximum Gasteiger partial charge on any atom is 0.294 e. The van der Waals surface area contributed by atoms with Crippen LogP contribution in [-0.4, -0.2) is 26.2 Å². The van der Waals surface area contributed by atoms with Crippen molar-refractivity contribution in [2.45, 2.75) is 89.9 Å². The number of benzene rings is 3. The molecule has 0 bridgehead atoms. The van der Waals surface area contributed by atoms with Crippen molar-refractivity contribution in [3.8, 4) is 23.0 Å². The van der Waals surface area contributed by atoms with Gasteiger partial charge in [0.15, 0.2) is 0 Å². The lowest BCUT2D eigenvalue weighted by molar-refractivity contribution is 0.231. The Balaban J connectivity index is 1.69. The van der Waals surface area contributed by atoms with Gasteiger partial charge in [-0.2, -0.15) is 8.42 Å². The number of hydrogen-bond acceptors (Lipinski definition) is 5. The average molecular weight is 595 g/mol. The van der Waals surface area contributed by atoms with E-state index in [0.717, 1.165) is 36.8 Å². The van der Waals surface area contributed by atoms with Crippen molar-refractivity contribution in [1.29, 1.82) is 0 Å². The van der Waals surface area contributed by atoms with E-state index in [1.54, 1.807) is 18.2 Å². The second-order valence-corrected chi connectivity index (χ2v) is 12.8. The molecule has 7 heteroatoms. The molecule has 4 rings (SSSR count). The highest BCUT2D eigenvalue weighted by Gasteiger charge is 2.33. The molecular weight excluding hydrogens is 548 g/mol. The Bertz CT molecular complexity index is 1350. The standard InChI is InChI=1S/C35H46O6S/c1-5-9-13-25(7-3)23-39-27-17-19-29-32(21-27)41-33-22-28(40-24-26(8-4)14-10-6-2)18-20-30(33)35(29)31-15-11-12-16-34(31)42(36,37)38/h11-12,15-22,25-26,35H,5-10,13-14,23-24H2,1-4H3,(H,36,37,38). The van der Waals surface area contributed by atoms with Crippen LogP contribution >= 0.6 is 0 Å². The van der Waals surface area contributed by atoms with E-state index in [1.807, 2.05) is 36.4 Å². The Kier molecular flexibility index (Phi) is 11.3. The Hall–Kier alpha value is -3.03. The molecule has 1 aliphatic heterocycles. The van der Waals surface area contributed by atoms with Crippen LogP contribution in [0.15, 0.2) is 65.6 Å². The first-order valence-corrected chi connectivity index (χ1v) is 17.0. The maximum atomic E-state index is 12.4. The minimum Gasteiger partial charge on any atom is -0.493 e. The van der Waals surface area contributed by atoms with Crippen molar-refractivity contribution in [3.05, 3.63) is 77.4 Å². The Morgan fingerprint density at radius 2 is 1.24 bits per heavy atom. The predicted octanol–water partition coefficient (Wildman–Crippen LogP) is 9.41. The van der Waals surface area contributed by atoms with E-state index in [-0.39, 0.29) is 4.90 Å². The number of fused-ring (bicyclic) bond motifs is 2. The SMILES string of the molecule is CCCCC(CC)COc1ccc2c(c1)Oc1cc(OCC(CC)CCCC)ccc1C2c1ccccc1S(=O)(=O)O. The van der Waals surface area contributed by atoms with E-state index in [0.29, 0.717) is 53.6 Å². The third-order valence-corrected chi connectivity index (χ3v) is 9.31. The van der Waals surface area contributed by atoms with Crippen LogP contribution in [0.1, 0.15) is 102 Å². The molecule has 1 heterocycles. The van der Waals surface area contributed by atoms with Gasteiger partial charge in [-0.05, 0) is 48.4 Å². The first kappa shape index (κ1) is 31.9. The Morgan fingerprint density at radius 3 is 1.69 bits per heavy atom. The lowest BCUT2D eigenvalue weighted by atomic mass is 9.82. The van der Waals surface area contributed by atoms with Crippen LogP contribution in [0.3, 0.4) is 0 Å². The van der Waals surface area contributed by atoms with Crippen LogP contribution in [0.2, 0.25) is 0 Å². The summed E-state index contributed by atoms with van der Waals surface area (Å²) in [6.07, 6.45) is 9.09. The van der Waals surface area contributed by atoms with Gasteiger partial charge in [-0.3, -0.25) is 4.55 Å². The quantitative estimate of drug-likeness (QED) is 0.130. The van der Waals surface area contributed by atoms with Crippen molar-refractivity contribution in [3.63, 3.8) is 0 Å². The van der Waals surface area contributed by atoms with Crippen molar-refractivity contribution < 1.29 is 27.2 Å². The monoisotopic (exact) mass is 594 g/mol. The number of rotatable bonds is 16. The molecule has 0 saturated heterocycles. The smallest absolute Gasteiger partial charge is 0.294 e. The summed E-state index contributed by atoms with van der Waals surface area (Å²) in [7, 11) is -4.45. The van der Waals surface area contributed by atoms with Gasteiger partial charge in [-0.25, -0.2) is 0 Å². The predicted molar refractivity (Wildman–Crippen MR) is 168 cm³/mol. The molecule has 2 atom stereocenters. The first-order chi connectivity index (χ1) is 20.3. The fourth-order valence-corrected chi connectivity index (χ4v) is 6.40. The minimum absolute atomic E-state index is 0.113. The Labute approximate surface area is 252 Å². The van der Waals surface area contributed by atoms with Crippen LogP contribution in [0.4, 0.5) is 0 Å². The van der Waals surface area contributed by atoms with E-state index >= 15 is 0 Å². The molecule has 3 aromatic carbocycles. The van der Waals surface area contributed by atoms with Gasteiger partial charge in [0.25, 0.3) is 10.1 Å². The second-order valence-electron chi connectivity index (χ2n) is 11.4. The van der Waals surface area contributed by atoms with Gasteiger partial charge in [0.1, 0.15) is 23.0 Å². The third-order valence-electron chi connectivity index (χ3n) is 8.38. The van der Waals surface area contributed by atoms with Gasteiger partial charge in [-0.1, -0.05) is 96.6 Å². The summed E-state index contributed by atoms with van der Waals surface area (Å²) in [4.78, 5) is -0.113. The molecule has 6 nitrogen and oxygen atoms in total. The molecule has 0 aromatic heterocycles. The average Bonchev–Trinajstić information content (AvgIpc) is 2.99. The summed E-state index contributed by atoms with van der Waals surface area (Å²) in [5, 5.41) is 0. The van der Waals surface area contributed by atoms with Crippen LogP contribution in [-0.2, 0) is 10.1 Å². The molecule has 3 aromatic rings. The molecule has 0 radical (unpaired) electrons. The molecule has 0 saturated carbocycles. The highest BCUT2D eigenvalue weighted by molar-refractivity contribution is 7.85. The van der Waals surface area contributed by atoms with Gasteiger partial charge >= 0.3 is 0 Å². The van der Waals surface area contributed by atoms with Gasteiger partial charge in [0, 0.05) is 29.2 Å². The molecule has 2 unspecified atom stereocenters. The summed E-state index contributed by atoms with van der Waals surface area (Å²) >= 11 is 0. The van der Waals surface area contributed by atoms with Crippen molar-refractivity contribution in [1.82, 2.24) is 0 Å². The normalized spacial score (nSPS) is 15.7. The topological polar surface area (TPSA) is 82.1 Å². The first-order valence-electron chi connectivity index (χ1n) is 15.6. The van der Waals surface area contributed by atoms with Gasteiger partial charge in [-0.15, -0.1) is 0 Å². The van der Waals surface area contributed by atoms with Gasteiger partial charge < -0.3 is 14.2 Å². The molecular formula is C35H46O6S. The highest BCUT2D eigenvalue weighted by Crippen LogP contribution is 2.50. The summed E-state index contributed by atoms with van der Waals surface area (Å²) < 4.78 is 53.8. The molecule has 0 aliphatic carbocycles. The maximum absolute atomic E-state index is 12.4. The molecule has 42 heavy (non-hydrogen) atoms. The van der Waals surface area contributed by atoms with Crippen molar-refractivity contribution >= 4 is 10.1 Å². The highest BCUT2D eigenvalue weighted by atomic mass is 32.2. The summed E-state index contributed by atoms with van der Waals surface area (Å²) in [6.45, 7) is 10.1. The number of ether oxygens (including phenoxy) is 3. The zero-order valence-electron chi connectivity index (χ0n) is 25.5. The second kappa shape index (κ2) is 14.9. The fraction of sp³-hybridized carbons (Fsp3) is 0.486. The van der Waals surface area contributed by atoms with E-state index in [1.165, 1.54) is 31.7 Å². The lowest BCUT2D eigenvalue weighted by Gasteiger charge is -2.30. The molecule has 1 aliphatic rings. The largest absolute Gasteiger partial charge is 0.493 e. The molecule has 0 spiro atoms. The zero-order chi connectivity index (χ0) is 30.1. The number of unbranched alkanes of at least 4 members (excludes halogenated alkanes) is 2. The van der Waals surface area contributed by atoms with Gasteiger partial charge in [0.2, 0.25) is 0 Å². The summed E-state index contributed by atoms with van der Waals surface area (Å²) in [5.74, 6) is 3.13. The molecule has 228 valence electrons. The van der Waals surface area contributed by atoms with E-state index in [4.69, 9.17) is 14.2 Å². The minimum atomic E-state index is -4.45. The molecule has 1 N–H and O–H groups in total. The van der Waals surface area contributed by atoms with Gasteiger partial charge in [0.05, 0.1) is 18.1 Å². The fourth-order valence-electron chi connectivity index (χ4n) is 5.66. The van der Waals surface area contributed by atoms with Crippen LogP contribution in [0.5, 0.6) is 23.0 Å². The Morgan fingerprint density at radius 1 is 0.738 bits per heavy atom. The van der Waals surface area contributed by atoms with E-state index in [9.17, 15) is 13.0 Å². The summed E-state index contributed by atoms with van der Waals surface area (Å²) in [5.41, 5.74) is 2.11.